The van der Waals surface area contributed by atoms with Gasteiger partial charge in [0, 0.05) is 30.8 Å². The molecule has 4 N–H and O–H groups in total. The maximum absolute atomic E-state index is 12.7. The van der Waals surface area contributed by atoms with E-state index in [1.807, 2.05) is 10.6 Å². The number of aromatic nitrogens is 1. The highest BCUT2D eigenvalue weighted by Crippen LogP contribution is 2.31. The zero-order valence-corrected chi connectivity index (χ0v) is 17.4. The minimum atomic E-state index is -5.08. The Morgan fingerprint density at radius 2 is 1.91 bits per heavy atom. The first kappa shape index (κ1) is 25.3. The number of halogens is 3. The fourth-order valence-electron chi connectivity index (χ4n) is 3.55. The Morgan fingerprint density at radius 3 is 2.47 bits per heavy atom. The van der Waals surface area contributed by atoms with Crippen molar-refractivity contribution < 1.29 is 37.7 Å². The number of nitrogens with zero attached hydrogens (tertiary/aromatic N) is 1. The van der Waals surface area contributed by atoms with Crippen molar-refractivity contribution >= 4 is 22.8 Å². The molecule has 0 unspecified atom stereocenters. The van der Waals surface area contributed by atoms with Crippen molar-refractivity contribution in [3.05, 3.63) is 45.2 Å². The topological polar surface area (TPSA) is 132 Å². The molecule has 0 radical (unpaired) electrons. The van der Waals surface area contributed by atoms with E-state index in [9.17, 15) is 27.9 Å². The second kappa shape index (κ2) is 10.6. The average molecular weight is 458 g/mol. The number of rotatable bonds is 7. The van der Waals surface area contributed by atoms with E-state index in [4.69, 9.17) is 20.4 Å². The van der Waals surface area contributed by atoms with Crippen LogP contribution in [0.4, 0.5) is 13.2 Å². The van der Waals surface area contributed by atoms with Crippen molar-refractivity contribution in [2.24, 2.45) is 5.73 Å². The van der Waals surface area contributed by atoms with Gasteiger partial charge < -0.3 is 25.3 Å². The summed E-state index contributed by atoms with van der Waals surface area (Å²) in [5.41, 5.74) is 7.92. The van der Waals surface area contributed by atoms with Crippen molar-refractivity contribution in [1.82, 2.24) is 4.57 Å². The maximum Gasteiger partial charge on any atom is 0.490 e. The van der Waals surface area contributed by atoms with E-state index in [2.05, 4.69) is 13.0 Å². The number of alkyl halides is 3. The van der Waals surface area contributed by atoms with E-state index in [-0.39, 0.29) is 11.6 Å². The van der Waals surface area contributed by atoms with Crippen molar-refractivity contribution in [3.8, 4) is 0 Å². The van der Waals surface area contributed by atoms with Crippen molar-refractivity contribution in [2.45, 2.75) is 44.8 Å². The van der Waals surface area contributed by atoms with Gasteiger partial charge in [-0.3, -0.25) is 4.79 Å². The van der Waals surface area contributed by atoms with Crippen molar-refractivity contribution in [2.75, 3.05) is 19.8 Å². The number of carboxylic acid groups (broad SMARTS) is 2. The average Bonchev–Trinajstić information content (AvgIpc) is 2.71. The van der Waals surface area contributed by atoms with Crippen LogP contribution in [-0.4, -0.2) is 52.7 Å². The van der Waals surface area contributed by atoms with Crippen LogP contribution in [0.1, 0.15) is 47.3 Å². The fraction of sp³-hybridized carbons (Fsp3) is 0.476. The molecule has 1 aliphatic rings. The standard InChI is InChI=1S/C19H24N2O4.C2HF3O2/c1-12-4-5-14-9-13(3-2-7-25-8-6-20)10-15-17(14)21(12)11-16(18(15)22)19(23)24;3-2(4,5)1(6)7/h9-12H,2-8,20H2,1H3,(H,23,24);(H,6,7)/t12-;/m0./s1. The van der Waals surface area contributed by atoms with E-state index < -0.39 is 23.5 Å². The van der Waals surface area contributed by atoms with Crippen LogP contribution in [0.15, 0.2) is 23.1 Å². The number of benzene rings is 1. The van der Waals surface area contributed by atoms with E-state index in [0.29, 0.717) is 25.1 Å². The van der Waals surface area contributed by atoms with Gasteiger partial charge in [-0.05, 0) is 49.8 Å². The van der Waals surface area contributed by atoms with Crippen LogP contribution in [-0.2, 0) is 22.4 Å². The predicted octanol–water partition coefficient (Wildman–Crippen LogP) is 2.75. The zero-order valence-electron chi connectivity index (χ0n) is 17.4. The number of hydrogen-bond acceptors (Lipinski definition) is 5. The summed E-state index contributed by atoms with van der Waals surface area (Å²) >= 11 is 0. The highest BCUT2D eigenvalue weighted by Gasteiger charge is 2.38. The lowest BCUT2D eigenvalue weighted by Crippen LogP contribution is -2.24. The van der Waals surface area contributed by atoms with E-state index >= 15 is 0 Å². The lowest BCUT2D eigenvalue weighted by molar-refractivity contribution is -0.192. The summed E-state index contributed by atoms with van der Waals surface area (Å²) in [5, 5.41) is 17.0. The SMILES string of the molecule is C[C@H]1CCc2cc(CCCOCCN)cc3c(=O)c(C(=O)O)cn1c23.O=C(O)C(F)(F)F. The largest absolute Gasteiger partial charge is 0.490 e. The van der Waals surface area contributed by atoms with Crippen LogP contribution in [0.3, 0.4) is 0 Å². The molecule has 0 saturated carbocycles. The summed E-state index contributed by atoms with van der Waals surface area (Å²) < 4.78 is 39.1. The summed E-state index contributed by atoms with van der Waals surface area (Å²) in [6.07, 6.45) is -0.108. The van der Waals surface area contributed by atoms with Gasteiger partial charge in [0.1, 0.15) is 5.56 Å². The van der Waals surface area contributed by atoms with E-state index in [1.165, 1.54) is 6.20 Å². The molecule has 176 valence electrons. The Morgan fingerprint density at radius 1 is 1.25 bits per heavy atom. The third-order valence-corrected chi connectivity index (χ3v) is 5.06. The van der Waals surface area contributed by atoms with E-state index in [1.54, 1.807) is 0 Å². The molecular weight excluding hydrogens is 433 g/mol. The normalized spacial score (nSPS) is 15.2. The Hall–Kier alpha value is -2.92. The highest BCUT2D eigenvalue weighted by molar-refractivity contribution is 5.94. The molecule has 2 heterocycles. The summed E-state index contributed by atoms with van der Waals surface area (Å²) in [5.74, 6) is -3.93. The maximum atomic E-state index is 12.7. The predicted molar refractivity (Wildman–Crippen MR) is 110 cm³/mol. The van der Waals surface area contributed by atoms with Gasteiger partial charge in [-0.1, -0.05) is 6.07 Å². The van der Waals surface area contributed by atoms with Crippen LogP contribution < -0.4 is 11.2 Å². The number of carboxylic acids is 2. The summed E-state index contributed by atoms with van der Waals surface area (Å²) in [6, 6.07) is 4.18. The number of nitrogens with two attached hydrogens (primary N) is 1. The van der Waals surface area contributed by atoms with Gasteiger partial charge >= 0.3 is 18.1 Å². The lowest BCUT2D eigenvalue weighted by atomic mass is 9.93. The zero-order chi connectivity index (χ0) is 24.1. The second-order valence-corrected chi connectivity index (χ2v) is 7.43. The summed E-state index contributed by atoms with van der Waals surface area (Å²) in [7, 11) is 0. The molecule has 3 rings (SSSR count). The summed E-state index contributed by atoms with van der Waals surface area (Å²) in [6.45, 7) is 3.74. The highest BCUT2D eigenvalue weighted by atomic mass is 19.4. The molecule has 1 atom stereocenters. The minimum absolute atomic E-state index is 0.157. The molecule has 0 fully saturated rings. The van der Waals surface area contributed by atoms with Gasteiger partial charge in [-0.25, -0.2) is 9.59 Å². The number of pyridine rings is 1. The summed E-state index contributed by atoms with van der Waals surface area (Å²) in [4.78, 5) is 33.0. The molecule has 11 heteroatoms. The van der Waals surface area contributed by atoms with Gasteiger partial charge in [-0.15, -0.1) is 0 Å². The molecule has 1 aliphatic heterocycles. The van der Waals surface area contributed by atoms with Gasteiger partial charge in [0.25, 0.3) is 0 Å². The molecule has 0 amide bonds. The number of carbonyl (C=O) groups is 2. The first-order valence-corrected chi connectivity index (χ1v) is 9.99. The number of hydrogen-bond donors (Lipinski definition) is 3. The van der Waals surface area contributed by atoms with Gasteiger partial charge in [0.15, 0.2) is 0 Å². The monoisotopic (exact) mass is 458 g/mol. The molecule has 1 aromatic carbocycles. The van der Waals surface area contributed by atoms with Crippen molar-refractivity contribution in [1.29, 1.82) is 0 Å². The Bertz CT molecular complexity index is 1050. The van der Waals surface area contributed by atoms with Crippen LogP contribution in [0.2, 0.25) is 0 Å². The molecule has 0 aliphatic carbocycles. The Kier molecular flexibility index (Phi) is 8.39. The number of ether oxygens (including phenoxy) is 1. The van der Waals surface area contributed by atoms with Crippen LogP contribution >= 0.6 is 0 Å². The molecule has 1 aromatic heterocycles. The fourth-order valence-corrected chi connectivity index (χ4v) is 3.55. The molecule has 8 nitrogen and oxygen atoms in total. The number of aromatic carboxylic acids is 1. The first-order valence-electron chi connectivity index (χ1n) is 9.99. The Labute approximate surface area is 181 Å². The molecule has 32 heavy (non-hydrogen) atoms. The lowest BCUT2D eigenvalue weighted by Gasteiger charge is -2.27. The van der Waals surface area contributed by atoms with Crippen LogP contribution in [0, 0.1) is 0 Å². The molecule has 0 spiro atoms. The molecule has 2 aromatic rings. The molecular formula is C21H25F3N2O6. The van der Waals surface area contributed by atoms with Gasteiger partial charge in [0.2, 0.25) is 5.43 Å². The molecule has 0 saturated heterocycles. The van der Waals surface area contributed by atoms with Gasteiger partial charge in [-0.2, -0.15) is 13.2 Å². The first-order chi connectivity index (χ1) is 15.0. The number of aliphatic carboxylic acids is 1. The smallest absolute Gasteiger partial charge is 0.477 e. The number of aryl methyl sites for hydroxylation is 2. The third-order valence-electron chi connectivity index (χ3n) is 5.06. The Balaban J connectivity index is 0.000000451. The van der Waals surface area contributed by atoms with Gasteiger partial charge in [0.05, 0.1) is 12.1 Å². The third kappa shape index (κ3) is 6.07. The van der Waals surface area contributed by atoms with Crippen molar-refractivity contribution in [3.63, 3.8) is 0 Å². The molecule has 0 bridgehead atoms. The minimum Gasteiger partial charge on any atom is -0.477 e. The van der Waals surface area contributed by atoms with Crippen LogP contribution in [0.5, 0.6) is 0 Å². The second-order valence-electron chi connectivity index (χ2n) is 7.43. The van der Waals surface area contributed by atoms with E-state index in [0.717, 1.165) is 42.3 Å². The quantitative estimate of drug-likeness (QED) is 0.544. The van der Waals surface area contributed by atoms with Crippen LogP contribution in [0.25, 0.3) is 10.9 Å².